The Kier molecular flexibility index (Phi) is 4.61. The van der Waals surface area contributed by atoms with Gasteiger partial charge < -0.3 is 10.5 Å². The van der Waals surface area contributed by atoms with Crippen molar-refractivity contribution in [2.24, 2.45) is 0 Å². The zero-order valence-corrected chi connectivity index (χ0v) is 14.1. The number of carbonyl (C=O) groups excluding carboxylic acids is 1. The summed E-state index contributed by atoms with van der Waals surface area (Å²) in [7, 11) is 0. The lowest BCUT2D eigenvalue weighted by atomic mass is 10.2. The second-order valence-corrected chi connectivity index (χ2v) is 5.91. The van der Waals surface area contributed by atoms with Gasteiger partial charge >= 0.3 is 5.97 Å². The van der Waals surface area contributed by atoms with Gasteiger partial charge in [-0.2, -0.15) is 0 Å². The van der Waals surface area contributed by atoms with Gasteiger partial charge in [-0.05, 0) is 31.4 Å². The van der Waals surface area contributed by atoms with Crippen LogP contribution in [0.15, 0.2) is 47.8 Å². The highest BCUT2D eigenvalue weighted by molar-refractivity contribution is 7.98. The van der Waals surface area contributed by atoms with E-state index < -0.39 is 12.1 Å². The minimum absolute atomic E-state index is 0.294. The lowest BCUT2D eigenvalue weighted by Gasteiger charge is -2.14. The van der Waals surface area contributed by atoms with Gasteiger partial charge in [-0.25, -0.2) is 19.7 Å². The van der Waals surface area contributed by atoms with E-state index in [1.807, 2.05) is 12.3 Å². The number of nitrogen functional groups attached to an aromatic ring is 1. The van der Waals surface area contributed by atoms with E-state index in [1.165, 1.54) is 11.8 Å². The van der Waals surface area contributed by atoms with Gasteiger partial charge in [0.25, 0.3) is 0 Å². The number of hydrogen-bond acceptors (Lipinski definition) is 7. The van der Waals surface area contributed by atoms with Crippen molar-refractivity contribution < 1.29 is 9.53 Å². The summed E-state index contributed by atoms with van der Waals surface area (Å²) in [6, 6.07) is 10.6. The lowest BCUT2D eigenvalue weighted by molar-refractivity contribution is 0.0330. The molecule has 0 saturated carbocycles. The lowest BCUT2D eigenvalue weighted by Crippen LogP contribution is -2.11. The third-order valence-electron chi connectivity index (χ3n) is 3.48. The van der Waals surface area contributed by atoms with Crippen molar-refractivity contribution in [1.82, 2.24) is 15.0 Å². The van der Waals surface area contributed by atoms with Gasteiger partial charge in [0.1, 0.15) is 11.6 Å². The molecule has 122 valence electrons. The van der Waals surface area contributed by atoms with Crippen LogP contribution in [-0.4, -0.2) is 27.2 Å². The number of nitrogens with zero attached hydrogens (tertiary/aromatic N) is 3. The second-order valence-electron chi connectivity index (χ2n) is 5.14. The molecule has 0 aliphatic carbocycles. The largest absolute Gasteiger partial charge is 0.453 e. The minimum atomic E-state index is -0.537. The zero-order valence-electron chi connectivity index (χ0n) is 13.3. The van der Waals surface area contributed by atoms with E-state index in [-0.39, 0.29) is 0 Å². The molecule has 1 atom stereocenters. The molecule has 0 spiro atoms. The molecule has 6 nitrogen and oxygen atoms in total. The van der Waals surface area contributed by atoms with Crippen LogP contribution in [0.25, 0.3) is 10.9 Å². The number of nitrogens with two attached hydrogens (primary N) is 1. The first-order chi connectivity index (χ1) is 11.6. The first-order valence-electron chi connectivity index (χ1n) is 7.31. The number of esters is 1. The summed E-state index contributed by atoms with van der Waals surface area (Å²) < 4.78 is 5.47. The Labute approximate surface area is 143 Å². The average Bonchev–Trinajstić information content (AvgIpc) is 2.62. The highest BCUT2D eigenvalue weighted by Crippen LogP contribution is 2.25. The minimum Gasteiger partial charge on any atom is -0.453 e. The van der Waals surface area contributed by atoms with Crippen LogP contribution in [0.1, 0.15) is 29.1 Å². The van der Waals surface area contributed by atoms with Crippen molar-refractivity contribution in [3.63, 3.8) is 0 Å². The molecule has 0 aliphatic rings. The molecule has 7 heteroatoms. The van der Waals surface area contributed by atoms with Gasteiger partial charge in [-0.3, -0.25) is 0 Å². The fraction of sp³-hybridized carbons (Fsp3) is 0.176. The SMILES string of the molecule is CSc1ncc2cc(C(C)OC(=O)c3ccccc3)nc(N)c2n1. The van der Waals surface area contributed by atoms with E-state index >= 15 is 0 Å². The summed E-state index contributed by atoms with van der Waals surface area (Å²) in [6.07, 6.45) is 3.05. The van der Waals surface area contributed by atoms with Crippen LogP contribution in [0.5, 0.6) is 0 Å². The van der Waals surface area contributed by atoms with Crippen LogP contribution in [0.2, 0.25) is 0 Å². The standard InChI is InChI=1S/C17H16N4O2S/c1-10(23-16(22)11-6-4-3-5-7-11)13-8-12-9-19-17(24-2)21-14(12)15(18)20-13/h3-10H,1-2H3,(H2,18,20). The predicted molar refractivity (Wildman–Crippen MR) is 93.8 cm³/mol. The van der Waals surface area contributed by atoms with Crippen molar-refractivity contribution in [2.75, 3.05) is 12.0 Å². The van der Waals surface area contributed by atoms with Crippen molar-refractivity contribution in [3.8, 4) is 0 Å². The van der Waals surface area contributed by atoms with Crippen LogP contribution in [0.4, 0.5) is 5.82 Å². The number of hydrogen-bond donors (Lipinski definition) is 1. The Morgan fingerprint density at radius 3 is 2.71 bits per heavy atom. The van der Waals surface area contributed by atoms with E-state index in [4.69, 9.17) is 10.5 Å². The number of fused-ring (bicyclic) bond motifs is 1. The van der Waals surface area contributed by atoms with Crippen LogP contribution in [0.3, 0.4) is 0 Å². The molecular formula is C17H16N4O2S. The maximum Gasteiger partial charge on any atom is 0.338 e. The Morgan fingerprint density at radius 1 is 1.25 bits per heavy atom. The van der Waals surface area contributed by atoms with Crippen molar-refractivity contribution >= 4 is 34.5 Å². The predicted octanol–water partition coefficient (Wildman–Crippen LogP) is 3.25. The number of rotatable bonds is 4. The molecule has 0 radical (unpaired) electrons. The van der Waals surface area contributed by atoms with Crippen LogP contribution in [0, 0.1) is 0 Å². The molecule has 3 aromatic rings. The Bertz CT molecular complexity index is 886. The van der Waals surface area contributed by atoms with Crippen molar-refractivity contribution in [1.29, 1.82) is 0 Å². The number of aromatic nitrogens is 3. The molecule has 24 heavy (non-hydrogen) atoms. The van der Waals surface area contributed by atoms with Crippen molar-refractivity contribution in [3.05, 3.63) is 53.9 Å². The van der Waals surface area contributed by atoms with Crippen LogP contribution in [-0.2, 0) is 4.74 Å². The Hall–Kier alpha value is -2.67. The summed E-state index contributed by atoms with van der Waals surface area (Å²) in [5.74, 6) is -0.111. The number of benzene rings is 1. The quantitative estimate of drug-likeness (QED) is 0.443. The summed E-state index contributed by atoms with van der Waals surface area (Å²) in [4.78, 5) is 25.1. The molecule has 2 N–H and O–H groups in total. The molecule has 0 amide bonds. The van der Waals surface area contributed by atoms with Gasteiger partial charge in [-0.15, -0.1) is 0 Å². The van der Waals surface area contributed by atoms with Gasteiger partial charge in [-0.1, -0.05) is 30.0 Å². The molecule has 0 saturated heterocycles. The van der Waals surface area contributed by atoms with Gasteiger partial charge in [0.15, 0.2) is 11.0 Å². The Morgan fingerprint density at radius 2 is 2.00 bits per heavy atom. The monoisotopic (exact) mass is 340 g/mol. The fourth-order valence-electron chi connectivity index (χ4n) is 2.24. The summed E-state index contributed by atoms with van der Waals surface area (Å²) in [6.45, 7) is 1.76. The summed E-state index contributed by atoms with van der Waals surface area (Å²) >= 11 is 1.43. The molecule has 2 aromatic heterocycles. The van der Waals surface area contributed by atoms with Crippen LogP contribution < -0.4 is 5.73 Å². The molecule has 0 bridgehead atoms. The van der Waals surface area contributed by atoms with Gasteiger partial charge in [0.2, 0.25) is 0 Å². The second kappa shape index (κ2) is 6.84. The molecule has 1 unspecified atom stereocenters. The molecule has 1 aromatic carbocycles. The smallest absolute Gasteiger partial charge is 0.338 e. The van der Waals surface area contributed by atoms with E-state index in [0.29, 0.717) is 27.7 Å². The number of carbonyl (C=O) groups is 1. The Balaban J connectivity index is 1.87. The number of ether oxygens (including phenoxy) is 1. The third-order valence-corrected chi connectivity index (χ3v) is 4.04. The number of anilines is 1. The highest BCUT2D eigenvalue weighted by atomic mass is 32.2. The molecule has 0 fully saturated rings. The number of pyridine rings is 1. The van der Waals surface area contributed by atoms with E-state index in [1.54, 1.807) is 43.5 Å². The van der Waals surface area contributed by atoms with Gasteiger partial charge in [0, 0.05) is 11.6 Å². The zero-order chi connectivity index (χ0) is 17.1. The average molecular weight is 340 g/mol. The highest BCUT2D eigenvalue weighted by Gasteiger charge is 2.17. The third kappa shape index (κ3) is 3.30. The first kappa shape index (κ1) is 16.2. The maximum absolute atomic E-state index is 12.2. The van der Waals surface area contributed by atoms with Gasteiger partial charge in [0.05, 0.1) is 11.3 Å². The molecule has 0 aliphatic heterocycles. The first-order valence-corrected chi connectivity index (χ1v) is 8.54. The van der Waals surface area contributed by atoms with E-state index in [2.05, 4.69) is 15.0 Å². The topological polar surface area (TPSA) is 91.0 Å². The molecular weight excluding hydrogens is 324 g/mol. The maximum atomic E-state index is 12.2. The fourth-order valence-corrected chi connectivity index (χ4v) is 2.58. The molecule has 3 rings (SSSR count). The summed E-state index contributed by atoms with van der Waals surface area (Å²) in [5.41, 5.74) is 7.66. The summed E-state index contributed by atoms with van der Waals surface area (Å²) in [5, 5.41) is 1.39. The normalized spacial score (nSPS) is 12.1. The van der Waals surface area contributed by atoms with E-state index in [0.717, 1.165) is 5.39 Å². The van der Waals surface area contributed by atoms with E-state index in [9.17, 15) is 4.79 Å². The number of thioether (sulfide) groups is 1. The van der Waals surface area contributed by atoms with Crippen LogP contribution >= 0.6 is 11.8 Å². The molecule has 2 heterocycles. The van der Waals surface area contributed by atoms with Crippen molar-refractivity contribution in [2.45, 2.75) is 18.2 Å².